The Balaban J connectivity index is 1.51. The Morgan fingerprint density at radius 1 is 0.897 bits per heavy atom. The Morgan fingerprint density at radius 3 is 2.31 bits per heavy atom. The number of hydrogen-bond donors (Lipinski definition) is 2. The zero-order chi connectivity index (χ0) is 20.3. The second-order valence-electron chi connectivity index (χ2n) is 6.23. The van der Waals surface area contributed by atoms with Gasteiger partial charge in [0.1, 0.15) is 11.6 Å². The number of hydrogen-bond acceptors (Lipinski definition) is 6. The van der Waals surface area contributed by atoms with E-state index in [1.165, 1.54) is 0 Å². The highest BCUT2D eigenvalue weighted by atomic mass is 32.2. The molecule has 2 N–H and O–H groups in total. The maximum absolute atomic E-state index is 12.4. The van der Waals surface area contributed by atoms with Crippen LogP contribution < -0.4 is 10.0 Å². The standard InChI is InChI=1S/C20H18N6O2S/c1-15-22-19(14-20(23-15)26-13-5-12-21-26)24-16-8-10-17(11-9-16)25-29(27,28)18-6-3-2-4-7-18/h2-14,25H,1H3,(H,22,23,24). The average molecular weight is 406 g/mol. The molecular formula is C20H18N6O2S. The Labute approximate surface area is 168 Å². The van der Waals surface area contributed by atoms with Crippen molar-refractivity contribution in [2.75, 3.05) is 10.0 Å². The van der Waals surface area contributed by atoms with E-state index in [-0.39, 0.29) is 4.90 Å². The van der Waals surface area contributed by atoms with E-state index in [9.17, 15) is 8.42 Å². The van der Waals surface area contributed by atoms with Gasteiger partial charge in [-0.3, -0.25) is 4.72 Å². The van der Waals surface area contributed by atoms with Gasteiger partial charge in [-0.1, -0.05) is 18.2 Å². The summed E-state index contributed by atoms with van der Waals surface area (Å²) in [4.78, 5) is 8.97. The van der Waals surface area contributed by atoms with Gasteiger partial charge in [-0.25, -0.2) is 23.1 Å². The van der Waals surface area contributed by atoms with Crippen LogP contribution >= 0.6 is 0 Å². The lowest BCUT2D eigenvalue weighted by molar-refractivity contribution is 0.601. The normalized spacial score (nSPS) is 11.2. The maximum Gasteiger partial charge on any atom is 0.261 e. The molecule has 9 heteroatoms. The number of benzene rings is 2. The molecule has 146 valence electrons. The van der Waals surface area contributed by atoms with Crippen molar-refractivity contribution in [3.63, 3.8) is 0 Å². The van der Waals surface area contributed by atoms with Crippen molar-refractivity contribution in [1.82, 2.24) is 19.7 Å². The number of sulfonamides is 1. The van der Waals surface area contributed by atoms with Gasteiger partial charge >= 0.3 is 0 Å². The van der Waals surface area contributed by atoms with E-state index < -0.39 is 10.0 Å². The van der Waals surface area contributed by atoms with Crippen LogP contribution in [0.4, 0.5) is 17.2 Å². The Bertz CT molecular complexity index is 1210. The first-order chi connectivity index (χ1) is 14.0. The van der Waals surface area contributed by atoms with E-state index in [0.717, 1.165) is 5.69 Å². The largest absolute Gasteiger partial charge is 0.340 e. The highest BCUT2D eigenvalue weighted by Gasteiger charge is 2.13. The second-order valence-corrected chi connectivity index (χ2v) is 7.91. The monoisotopic (exact) mass is 406 g/mol. The number of aromatic nitrogens is 4. The molecule has 0 aliphatic rings. The molecule has 29 heavy (non-hydrogen) atoms. The third-order valence-corrected chi connectivity index (χ3v) is 5.42. The lowest BCUT2D eigenvalue weighted by Crippen LogP contribution is -2.12. The van der Waals surface area contributed by atoms with E-state index in [1.54, 1.807) is 84.7 Å². The summed E-state index contributed by atoms with van der Waals surface area (Å²) in [6.07, 6.45) is 3.49. The molecule has 2 aromatic heterocycles. The van der Waals surface area contributed by atoms with Crippen LogP contribution in [0, 0.1) is 6.92 Å². The van der Waals surface area contributed by atoms with E-state index >= 15 is 0 Å². The third kappa shape index (κ3) is 4.41. The molecule has 0 bridgehead atoms. The molecule has 0 aliphatic heterocycles. The van der Waals surface area contributed by atoms with Crippen LogP contribution in [-0.2, 0) is 10.0 Å². The fraction of sp³-hybridized carbons (Fsp3) is 0.0500. The Kier molecular flexibility index (Phi) is 4.96. The fourth-order valence-corrected chi connectivity index (χ4v) is 3.80. The highest BCUT2D eigenvalue weighted by molar-refractivity contribution is 7.92. The molecule has 4 rings (SSSR count). The molecule has 0 unspecified atom stereocenters. The van der Waals surface area contributed by atoms with Crippen LogP contribution in [0.25, 0.3) is 5.82 Å². The summed E-state index contributed by atoms with van der Waals surface area (Å²) in [5, 5.41) is 7.38. The van der Waals surface area contributed by atoms with E-state index in [0.29, 0.717) is 23.1 Å². The van der Waals surface area contributed by atoms with Crippen molar-refractivity contribution in [3.05, 3.63) is 84.9 Å². The first kappa shape index (κ1) is 18.6. The van der Waals surface area contributed by atoms with Gasteiger partial charge in [0.25, 0.3) is 10.0 Å². The van der Waals surface area contributed by atoms with Crippen molar-refractivity contribution in [2.24, 2.45) is 0 Å². The first-order valence-corrected chi connectivity index (χ1v) is 10.3. The van der Waals surface area contributed by atoms with Gasteiger partial charge in [-0.15, -0.1) is 0 Å². The smallest absolute Gasteiger partial charge is 0.261 e. The van der Waals surface area contributed by atoms with Gasteiger partial charge in [0.05, 0.1) is 4.90 Å². The maximum atomic E-state index is 12.4. The summed E-state index contributed by atoms with van der Waals surface area (Å²) in [6.45, 7) is 1.81. The zero-order valence-corrected chi connectivity index (χ0v) is 16.3. The highest BCUT2D eigenvalue weighted by Crippen LogP contribution is 2.21. The molecule has 2 aromatic carbocycles. The number of rotatable bonds is 6. The lowest BCUT2D eigenvalue weighted by Gasteiger charge is -2.11. The summed E-state index contributed by atoms with van der Waals surface area (Å²) in [6, 6.07) is 18.8. The molecular weight excluding hydrogens is 388 g/mol. The van der Waals surface area contributed by atoms with Gasteiger partial charge in [0.2, 0.25) is 0 Å². The van der Waals surface area contributed by atoms with Crippen LogP contribution in [0.2, 0.25) is 0 Å². The predicted octanol–water partition coefficient (Wildman–Crippen LogP) is 3.52. The summed E-state index contributed by atoms with van der Waals surface area (Å²) in [5.74, 6) is 1.87. The lowest BCUT2D eigenvalue weighted by atomic mass is 10.3. The van der Waals surface area contributed by atoms with E-state index in [1.807, 2.05) is 6.07 Å². The van der Waals surface area contributed by atoms with Gasteiger partial charge in [-0.05, 0) is 49.4 Å². The van der Waals surface area contributed by atoms with Gasteiger partial charge in [0, 0.05) is 29.8 Å². The molecule has 0 fully saturated rings. The topological polar surface area (TPSA) is 102 Å². The van der Waals surface area contributed by atoms with Gasteiger partial charge in [0.15, 0.2) is 5.82 Å². The van der Waals surface area contributed by atoms with Crippen molar-refractivity contribution in [2.45, 2.75) is 11.8 Å². The minimum Gasteiger partial charge on any atom is -0.340 e. The Hall–Kier alpha value is -3.72. The van der Waals surface area contributed by atoms with E-state index in [2.05, 4.69) is 25.1 Å². The third-order valence-electron chi connectivity index (χ3n) is 4.03. The van der Waals surface area contributed by atoms with Crippen molar-refractivity contribution >= 4 is 27.2 Å². The molecule has 0 saturated carbocycles. The second kappa shape index (κ2) is 7.72. The first-order valence-electron chi connectivity index (χ1n) is 8.80. The summed E-state index contributed by atoms with van der Waals surface area (Å²) in [7, 11) is -3.62. The molecule has 0 amide bonds. The molecule has 2 heterocycles. The molecule has 4 aromatic rings. The average Bonchev–Trinajstić information content (AvgIpc) is 3.25. The molecule has 0 aliphatic carbocycles. The van der Waals surface area contributed by atoms with Crippen molar-refractivity contribution in [1.29, 1.82) is 0 Å². The molecule has 0 saturated heterocycles. The molecule has 0 spiro atoms. The number of anilines is 3. The Morgan fingerprint density at radius 2 is 1.62 bits per heavy atom. The van der Waals surface area contributed by atoms with Gasteiger partial charge in [-0.2, -0.15) is 5.10 Å². The summed E-state index contributed by atoms with van der Waals surface area (Å²) in [5.41, 5.74) is 1.23. The van der Waals surface area contributed by atoms with Gasteiger partial charge < -0.3 is 5.32 Å². The number of nitrogens with zero attached hydrogens (tertiary/aromatic N) is 4. The predicted molar refractivity (Wildman–Crippen MR) is 111 cm³/mol. The molecule has 8 nitrogen and oxygen atoms in total. The van der Waals surface area contributed by atoms with Crippen LogP contribution in [0.15, 0.2) is 84.0 Å². The molecule has 0 radical (unpaired) electrons. The quantitative estimate of drug-likeness (QED) is 0.508. The van der Waals surface area contributed by atoms with Crippen LogP contribution in [0.1, 0.15) is 5.82 Å². The zero-order valence-electron chi connectivity index (χ0n) is 15.5. The van der Waals surface area contributed by atoms with Crippen molar-refractivity contribution in [3.8, 4) is 5.82 Å². The van der Waals surface area contributed by atoms with E-state index in [4.69, 9.17) is 0 Å². The van der Waals surface area contributed by atoms with Crippen molar-refractivity contribution < 1.29 is 8.42 Å². The number of aryl methyl sites for hydroxylation is 1. The van der Waals surface area contributed by atoms with Crippen LogP contribution in [0.5, 0.6) is 0 Å². The van der Waals surface area contributed by atoms with Crippen LogP contribution in [0.3, 0.4) is 0 Å². The molecule has 0 atom stereocenters. The van der Waals surface area contributed by atoms with Crippen LogP contribution in [-0.4, -0.2) is 28.2 Å². The minimum absolute atomic E-state index is 0.213. The summed E-state index contributed by atoms with van der Waals surface area (Å²) < 4.78 is 29.0. The SMILES string of the molecule is Cc1nc(Nc2ccc(NS(=O)(=O)c3ccccc3)cc2)cc(-n2cccn2)n1. The fourth-order valence-electron chi connectivity index (χ4n) is 2.72. The number of nitrogens with one attached hydrogen (secondary N) is 2. The minimum atomic E-state index is -3.62. The summed E-state index contributed by atoms with van der Waals surface area (Å²) >= 11 is 0.